The van der Waals surface area contributed by atoms with Gasteiger partial charge in [0.05, 0.1) is 6.42 Å². The zero-order valence-corrected chi connectivity index (χ0v) is 14.0. The van der Waals surface area contributed by atoms with E-state index in [-0.39, 0.29) is 21.3 Å². The number of halogens is 12. The van der Waals surface area contributed by atoms with Crippen molar-refractivity contribution in [2.75, 3.05) is 21.3 Å². The second-order valence-corrected chi connectivity index (χ2v) is 7.77. The van der Waals surface area contributed by atoms with Gasteiger partial charge in [-0.15, -0.1) is 0 Å². The van der Waals surface area contributed by atoms with Crippen LogP contribution in [0, 0.1) is 0 Å². The molecule has 16 heteroatoms. The van der Waals surface area contributed by atoms with Crippen LogP contribution in [0.1, 0.15) is 6.42 Å². The fourth-order valence-corrected chi connectivity index (χ4v) is 3.57. The van der Waals surface area contributed by atoms with Gasteiger partial charge in [0.25, 0.3) is 0 Å². The Morgan fingerprint density at radius 1 is 0.692 bits per heavy atom. The van der Waals surface area contributed by atoms with E-state index in [1.54, 1.807) is 0 Å². The summed E-state index contributed by atoms with van der Waals surface area (Å²) in [6.07, 6.45) is -14.0. The molecular weight excluding hydrogens is 424 g/mol. The highest BCUT2D eigenvalue weighted by atomic mass is 28.4. The molecule has 1 atom stereocenters. The molecule has 0 saturated heterocycles. The van der Waals surface area contributed by atoms with Crippen molar-refractivity contribution in [3.63, 3.8) is 0 Å². The predicted octanol–water partition coefficient (Wildman–Crippen LogP) is 4.24. The fourth-order valence-electron chi connectivity index (χ4n) is 1.76. The monoisotopic (exact) mass is 436 g/mol. The van der Waals surface area contributed by atoms with Gasteiger partial charge in [-0.25, -0.2) is 4.39 Å². The van der Waals surface area contributed by atoms with Gasteiger partial charge in [-0.1, -0.05) is 0 Å². The molecule has 26 heavy (non-hydrogen) atoms. The zero-order valence-electron chi connectivity index (χ0n) is 13.0. The number of rotatable bonds is 9. The highest BCUT2D eigenvalue weighted by molar-refractivity contribution is 6.63. The van der Waals surface area contributed by atoms with E-state index in [0.717, 1.165) is 0 Å². The lowest BCUT2D eigenvalue weighted by Gasteiger charge is -2.41. The third-order valence-electron chi connectivity index (χ3n) is 3.20. The fraction of sp³-hybridized carbons (Fsp3) is 1.00. The zero-order chi connectivity index (χ0) is 21.4. The van der Waals surface area contributed by atoms with Gasteiger partial charge in [-0.2, -0.15) is 48.3 Å². The van der Waals surface area contributed by atoms with Crippen molar-refractivity contribution in [3.05, 3.63) is 0 Å². The molecule has 0 radical (unpaired) electrons. The molecule has 0 bridgehead atoms. The molecule has 0 aliphatic heterocycles. The Balaban J connectivity index is 6.22. The molecule has 0 saturated carbocycles. The first-order valence-corrected chi connectivity index (χ1v) is 7.91. The Bertz CT molecular complexity index is 468. The minimum Gasteiger partial charge on any atom is -0.373 e. The molecule has 0 amide bonds. The van der Waals surface area contributed by atoms with E-state index >= 15 is 0 Å². The van der Waals surface area contributed by atoms with Crippen LogP contribution in [0.3, 0.4) is 0 Å². The van der Waals surface area contributed by atoms with E-state index < -0.39 is 50.9 Å². The van der Waals surface area contributed by atoms with E-state index in [1.807, 2.05) is 0 Å². The summed E-state index contributed by atoms with van der Waals surface area (Å²) in [6.45, 7) is 0. The Hall–Kier alpha value is -0.743. The first kappa shape index (κ1) is 25.3. The average molecular weight is 436 g/mol. The third-order valence-corrected chi connectivity index (χ3v) is 5.90. The first-order valence-electron chi connectivity index (χ1n) is 6.18. The molecule has 0 heterocycles. The van der Waals surface area contributed by atoms with E-state index in [9.17, 15) is 52.7 Å². The van der Waals surface area contributed by atoms with Crippen molar-refractivity contribution in [1.29, 1.82) is 0 Å². The minimum absolute atomic E-state index is 0.251. The Kier molecular flexibility index (Phi) is 7.14. The van der Waals surface area contributed by atoms with Crippen LogP contribution in [0.5, 0.6) is 0 Å². The van der Waals surface area contributed by atoms with Gasteiger partial charge < -0.3 is 13.3 Å². The van der Waals surface area contributed by atoms with Crippen molar-refractivity contribution < 1.29 is 66.0 Å². The highest BCUT2D eigenvalue weighted by Crippen LogP contribution is 2.57. The second-order valence-electron chi connectivity index (χ2n) is 4.80. The highest BCUT2D eigenvalue weighted by Gasteiger charge is 2.89. The van der Waals surface area contributed by atoms with Gasteiger partial charge in [0.2, 0.25) is 0 Å². The molecule has 3 nitrogen and oxygen atoms in total. The second kappa shape index (κ2) is 7.35. The molecule has 0 rings (SSSR count). The molecule has 0 aromatic carbocycles. The van der Waals surface area contributed by atoms with Crippen LogP contribution in [0.2, 0.25) is 0 Å². The van der Waals surface area contributed by atoms with Crippen molar-refractivity contribution in [3.8, 4) is 0 Å². The average Bonchev–Trinajstić information content (AvgIpc) is 2.46. The van der Waals surface area contributed by atoms with E-state index in [2.05, 4.69) is 13.3 Å². The van der Waals surface area contributed by atoms with Crippen LogP contribution < -0.4 is 0 Å². The number of hydrogen-bond acceptors (Lipinski definition) is 3. The van der Waals surface area contributed by atoms with Gasteiger partial charge in [0.15, 0.2) is 6.17 Å². The molecule has 0 spiro atoms. The summed E-state index contributed by atoms with van der Waals surface area (Å²) in [4.78, 5) is 0. The minimum atomic E-state index is -7.28. The van der Waals surface area contributed by atoms with E-state index in [1.165, 1.54) is 0 Å². The molecule has 0 aromatic heterocycles. The lowest BCUT2D eigenvalue weighted by Crippen LogP contribution is -2.74. The lowest BCUT2D eigenvalue weighted by atomic mass is 9.98. The summed E-state index contributed by atoms with van der Waals surface area (Å²) < 4.78 is 169. The molecule has 158 valence electrons. The van der Waals surface area contributed by atoms with Crippen LogP contribution in [-0.4, -0.2) is 65.8 Å². The summed E-state index contributed by atoms with van der Waals surface area (Å²) in [7, 11) is -5.34. The molecule has 0 N–H and O–H groups in total. The maximum Gasteiger partial charge on any atom is 0.581 e. The molecule has 0 fully saturated rings. The smallest absolute Gasteiger partial charge is 0.373 e. The topological polar surface area (TPSA) is 27.7 Å². The molecule has 1 unspecified atom stereocenters. The normalized spacial score (nSPS) is 16.7. The quantitative estimate of drug-likeness (QED) is 0.400. The van der Waals surface area contributed by atoms with Crippen LogP contribution >= 0.6 is 0 Å². The van der Waals surface area contributed by atoms with E-state index in [4.69, 9.17) is 0 Å². The summed E-state index contributed by atoms with van der Waals surface area (Å²) in [5.74, 6) is -21.2. The van der Waals surface area contributed by atoms with Gasteiger partial charge in [-0.05, 0) is 0 Å². The first-order chi connectivity index (χ1) is 11.3. The molecule has 0 aliphatic carbocycles. The van der Waals surface area contributed by atoms with Crippen molar-refractivity contribution in [2.45, 2.75) is 42.1 Å². The Morgan fingerprint density at radius 2 is 1.04 bits per heavy atom. The molecular formula is C10H12F12O3Si. The number of hydrogen-bond donors (Lipinski definition) is 0. The van der Waals surface area contributed by atoms with Gasteiger partial charge in [0, 0.05) is 21.3 Å². The standard InChI is InChI=1S/C10H12F12O3Si/c1-23-26(24-2,25-3)10(21,22)9(19,20)8(17,18)7(15,16)5(11)4-6(12,13)14/h5H,4H2,1-3H3. The number of alkyl halides is 12. The van der Waals surface area contributed by atoms with Crippen molar-refractivity contribution >= 4 is 8.80 Å². The largest absolute Gasteiger partial charge is 0.581 e. The van der Waals surface area contributed by atoms with Crippen molar-refractivity contribution in [2.24, 2.45) is 0 Å². The van der Waals surface area contributed by atoms with Gasteiger partial charge >= 0.3 is 38.3 Å². The lowest BCUT2D eigenvalue weighted by molar-refractivity contribution is -0.370. The Labute approximate surface area is 139 Å². The van der Waals surface area contributed by atoms with Gasteiger partial charge in [-0.3, -0.25) is 0 Å². The molecule has 0 aliphatic rings. The van der Waals surface area contributed by atoms with Crippen molar-refractivity contribution in [1.82, 2.24) is 0 Å². The summed E-state index contributed by atoms with van der Waals surface area (Å²) in [6, 6.07) is 0. The van der Waals surface area contributed by atoms with Gasteiger partial charge in [0.1, 0.15) is 0 Å². The predicted molar refractivity (Wildman–Crippen MR) is 62.1 cm³/mol. The maximum absolute atomic E-state index is 13.9. The summed E-state index contributed by atoms with van der Waals surface area (Å²) in [5.41, 5.74) is -6.27. The van der Waals surface area contributed by atoms with Crippen LogP contribution in [-0.2, 0) is 13.3 Å². The Morgan fingerprint density at radius 3 is 1.31 bits per heavy atom. The summed E-state index contributed by atoms with van der Waals surface area (Å²) >= 11 is 0. The van der Waals surface area contributed by atoms with Crippen LogP contribution in [0.25, 0.3) is 0 Å². The molecule has 0 aromatic rings. The SMILES string of the molecule is CO[Si](OC)(OC)C(F)(F)C(F)(F)C(F)(F)C(F)(F)C(F)CC(F)(F)F. The van der Waals surface area contributed by atoms with Crippen LogP contribution in [0.15, 0.2) is 0 Å². The summed E-state index contributed by atoms with van der Waals surface area (Å²) in [5, 5.41) is 0. The van der Waals surface area contributed by atoms with Crippen LogP contribution in [0.4, 0.5) is 52.7 Å². The van der Waals surface area contributed by atoms with E-state index in [0.29, 0.717) is 0 Å². The third kappa shape index (κ3) is 3.77. The maximum atomic E-state index is 13.9.